The van der Waals surface area contributed by atoms with Crippen LogP contribution in [-0.4, -0.2) is 79.0 Å². The van der Waals surface area contributed by atoms with Gasteiger partial charge >= 0.3 is 0 Å². The summed E-state index contributed by atoms with van der Waals surface area (Å²) in [5.74, 6) is 1.11. The number of ether oxygens (including phenoxy) is 2. The standard InChI is InChI=1S/C34H37ClN4O6/c1-3-34(33(43)36-20-40)8-10-38(11-9-34)12-13-45-30-15-21-14-26(37-25(21)16-29(30)44-2)32(42)39-19-22(18-35)31-24-7-5-4-6-23(24)28(41)17-27(31)39/h4-7,14-17,20,22,37,41H,3,8-13,18-19H2,1-2H3,(H,36,40,43)/t22-/m1/s1. The molecule has 3 N–H and O–H groups in total. The number of amides is 3. The fourth-order valence-corrected chi connectivity index (χ4v) is 7.11. The number of alkyl halides is 1. The molecule has 1 fully saturated rings. The van der Waals surface area contributed by atoms with Crippen LogP contribution in [0.4, 0.5) is 5.69 Å². The number of aromatic nitrogens is 1. The number of halogens is 1. The number of methoxy groups -OCH3 is 1. The van der Waals surface area contributed by atoms with Gasteiger partial charge in [0.25, 0.3) is 5.91 Å². The SMILES string of the molecule is CCC1(C(=O)NC=O)CCN(CCOc2cc3cc(C(=O)N4C[C@@H](CCl)c5c4cc(O)c4ccccc54)[nH]c3cc2OC)CC1. The van der Waals surface area contributed by atoms with E-state index >= 15 is 0 Å². The minimum Gasteiger partial charge on any atom is -0.507 e. The Morgan fingerprint density at radius 3 is 2.58 bits per heavy atom. The Morgan fingerprint density at radius 1 is 1.13 bits per heavy atom. The van der Waals surface area contributed by atoms with E-state index in [0.717, 1.165) is 40.3 Å². The number of hydrogen-bond acceptors (Lipinski definition) is 7. The molecule has 3 amide bonds. The number of phenolic OH excluding ortho intramolecular Hbond substituents is 1. The number of H-pyrrole nitrogens is 1. The Morgan fingerprint density at radius 2 is 1.89 bits per heavy atom. The highest BCUT2D eigenvalue weighted by Crippen LogP contribution is 2.46. The van der Waals surface area contributed by atoms with Gasteiger partial charge in [-0.25, -0.2) is 0 Å². The van der Waals surface area contributed by atoms with Crippen molar-refractivity contribution in [3.05, 3.63) is 59.8 Å². The summed E-state index contributed by atoms with van der Waals surface area (Å²) >= 11 is 6.37. The second-order valence-corrected chi connectivity index (χ2v) is 12.1. The number of hydrogen-bond donors (Lipinski definition) is 3. The van der Waals surface area contributed by atoms with Gasteiger partial charge in [-0.15, -0.1) is 11.6 Å². The summed E-state index contributed by atoms with van der Waals surface area (Å²) in [6.07, 6.45) is 2.51. The van der Waals surface area contributed by atoms with E-state index in [9.17, 15) is 19.5 Å². The van der Waals surface area contributed by atoms with Gasteiger partial charge in [0.2, 0.25) is 12.3 Å². The van der Waals surface area contributed by atoms with Gasteiger partial charge in [-0.1, -0.05) is 31.2 Å². The molecule has 0 saturated carbocycles. The lowest BCUT2D eigenvalue weighted by atomic mass is 9.75. The van der Waals surface area contributed by atoms with E-state index < -0.39 is 5.41 Å². The van der Waals surface area contributed by atoms with Gasteiger partial charge in [0, 0.05) is 53.3 Å². The van der Waals surface area contributed by atoms with Crippen LogP contribution >= 0.6 is 11.6 Å². The van der Waals surface area contributed by atoms with Crippen LogP contribution < -0.4 is 19.7 Å². The molecule has 1 aromatic heterocycles. The molecular formula is C34H37ClN4O6. The third-order valence-corrected chi connectivity index (χ3v) is 9.91. The van der Waals surface area contributed by atoms with Crippen molar-refractivity contribution in [1.29, 1.82) is 0 Å². The van der Waals surface area contributed by atoms with E-state index in [1.165, 1.54) is 0 Å². The first-order valence-corrected chi connectivity index (χ1v) is 15.8. The van der Waals surface area contributed by atoms with Crippen molar-refractivity contribution in [2.75, 3.05) is 50.7 Å². The Hall–Kier alpha value is -4.28. The van der Waals surface area contributed by atoms with Crippen LogP contribution in [0.5, 0.6) is 17.2 Å². The van der Waals surface area contributed by atoms with Crippen molar-refractivity contribution in [1.82, 2.24) is 15.2 Å². The molecule has 45 heavy (non-hydrogen) atoms. The van der Waals surface area contributed by atoms with E-state index in [-0.39, 0.29) is 23.5 Å². The normalized spacial score (nSPS) is 17.8. The summed E-state index contributed by atoms with van der Waals surface area (Å²) < 4.78 is 11.8. The van der Waals surface area contributed by atoms with Crippen LogP contribution in [0.2, 0.25) is 0 Å². The number of likely N-dealkylation sites (tertiary alicyclic amines) is 1. The average molecular weight is 633 g/mol. The van der Waals surface area contributed by atoms with Crippen LogP contribution in [0.25, 0.3) is 21.7 Å². The van der Waals surface area contributed by atoms with Crippen LogP contribution in [0, 0.1) is 5.41 Å². The van der Waals surface area contributed by atoms with E-state index in [2.05, 4.69) is 15.2 Å². The molecule has 6 rings (SSSR count). The van der Waals surface area contributed by atoms with Crippen molar-refractivity contribution in [3.63, 3.8) is 0 Å². The molecular weight excluding hydrogens is 596 g/mol. The van der Waals surface area contributed by atoms with Gasteiger partial charge < -0.3 is 24.5 Å². The second-order valence-electron chi connectivity index (χ2n) is 11.8. The first-order valence-electron chi connectivity index (χ1n) is 15.3. The second kappa shape index (κ2) is 12.6. The molecule has 1 saturated heterocycles. The van der Waals surface area contributed by atoms with Crippen LogP contribution in [0.1, 0.15) is 48.2 Å². The van der Waals surface area contributed by atoms with Crippen LogP contribution in [-0.2, 0) is 9.59 Å². The van der Waals surface area contributed by atoms with E-state index in [1.54, 1.807) is 24.1 Å². The summed E-state index contributed by atoms with van der Waals surface area (Å²) in [5, 5.41) is 15.5. The van der Waals surface area contributed by atoms with Crippen molar-refractivity contribution in [3.8, 4) is 17.2 Å². The number of rotatable bonds is 10. The summed E-state index contributed by atoms with van der Waals surface area (Å²) in [4.78, 5) is 44.3. The number of anilines is 1. The predicted molar refractivity (Wildman–Crippen MR) is 174 cm³/mol. The maximum absolute atomic E-state index is 13.9. The van der Waals surface area contributed by atoms with Crippen molar-refractivity contribution < 1.29 is 29.0 Å². The number of aromatic amines is 1. The minimum atomic E-state index is -0.508. The number of aromatic hydroxyl groups is 1. The molecule has 0 spiro atoms. The zero-order chi connectivity index (χ0) is 31.7. The molecule has 2 aliphatic heterocycles. The number of imide groups is 1. The van der Waals surface area contributed by atoms with Gasteiger partial charge in [0.05, 0.1) is 18.2 Å². The first-order chi connectivity index (χ1) is 21.8. The monoisotopic (exact) mass is 632 g/mol. The van der Waals surface area contributed by atoms with Crippen molar-refractivity contribution in [2.24, 2.45) is 5.41 Å². The quantitative estimate of drug-likeness (QED) is 0.163. The molecule has 3 heterocycles. The molecule has 2 aliphatic rings. The highest BCUT2D eigenvalue weighted by Gasteiger charge is 2.39. The smallest absolute Gasteiger partial charge is 0.274 e. The molecule has 3 aromatic carbocycles. The average Bonchev–Trinajstić information content (AvgIpc) is 3.66. The lowest BCUT2D eigenvalue weighted by Crippen LogP contribution is -2.49. The molecule has 0 unspecified atom stereocenters. The number of phenols is 1. The van der Waals surface area contributed by atoms with Crippen LogP contribution in [0.3, 0.4) is 0 Å². The maximum Gasteiger partial charge on any atom is 0.274 e. The molecule has 0 bridgehead atoms. The van der Waals surface area contributed by atoms with Gasteiger partial charge in [-0.05, 0) is 55.4 Å². The molecule has 0 radical (unpaired) electrons. The van der Waals surface area contributed by atoms with Gasteiger partial charge in [0.15, 0.2) is 11.5 Å². The summed E-state index contributed by atoms with van der Waals surface area (Å²) in [5.41, 5.74) is 2.27. The summed E-state index contributed by atoms with van der Waals surface area (Å²) in [6.45, 7) is 4.96. The van der Waals surface area contributed by atoms with E-state index in [4.69, 9.17) is 21.1 Å². The number of nitrogens with one attached hydrogen (secondary N) is 2. The molecule has 4 aromatic rings. The summed E-state index contributed by atoms with van der Waals surface area (Å²) in [6, 6.07) is 14.8. The number of fused-ring (bicyclic) bond motifs is 4. The Bertz CT molecular complexity index is 1760. The number of carbonyl (C=O) groups is 3. The topological polar surface area (TPSA) is 124 Å². The van der Waals surface area contributed by atoms with Gasteiger partial charge in [0.1, 0.15) is 18.1 Å². The van der Waals surface area contributed by atoms with Crippen molar-refractivity contribution >= 4 is 57.2 Å². The fraction of sp³-hybridized carbons (Fsp3) is 0.382. The van der Waals surface area contributed by atoms with Gasteiger partial charge in [-0.2, -0.15) is 0 Å². The maximum atomic E-state index is 13.9. The number of benzene rings is 3. The lowest BCUT2D eigenvalue weighted by molar-refractivity contribution is -0.136. The van der Waals surface area contributed by atoms with E-state index in [0.29, 0.717) is 74.1 Å². The number of carbonyl (C=O) groups excluding carboxylic acids is 3. The van der Waals surface area contributed by atoms with Crippen LogP contribution in [0.15, 0.2) is 48.5 Å². The zero-order valence-electron chi connectivity index (χ0n) is 25.4. The third kappa shape index (κ3) is 5.57. The largest absolute Gasteiger partial charge is 0.507 e. The Balaban J connectivity index is 1.17. The zero-order valence-corrected chi connectivity index (χ0v) is 26.2. The number of piperidine rings is 1. The van der Waals surface area contributed by atoms with E-state index in [1.807, 2.05) is 43.3 Å². The molecule has 11 heteroatoms. The molecule has 1 atom stereocenters. The third-order valence-electron chi connectivity index (χ3n) is 9.54. The minimum absolute atomic E-state index is 0.0626. The molecule has 10 nitrogen and oxygen atoms in total. The first kappa shape index (κ1) is 30.7. The molecule has 236 valence electrons. The number of nitrogens with zero attached hydrogens (tertiary/aromatic N) is 2. The van der Waals surface area contributed by atoms with Gasteiger partial charge in [-0.3, -0.25) is 24.6 Å². The molecule has 0 aliphatic carbocycles. The Labute approximate surface area is 266 Å². The highest BCUT2D eigenvalue weighted by atomic mass is 35.5. The fourth-order valence-electron chi connectivity index (χ4n) is 6.86. The summed E-state index contributed by atoms with van der Waals surface area (Å²) in [7, 11) is 1.58. The lowest BCUT2D eigenvalue weighted by Gasteiger charge is -2.39. The Kier molecular flexibility index (Phi) is 8.61. The van der Waals surface area contributed by atoms with Crippen molar-refractivity contribution in [2.45, 2.75) is 32.1 Å². The highest BCUT2D eigenvalue weighted by molar-refractivity contribution is 6.19. The predicted octanol–water partition coefficient (Wildman–Crippen LogP) is 5.16.